The number of carbonyl (C=O) groups excluding carboxylic acids is 3. The van der Waals surface area contributed by atoms with Crippen LogP contribution in [0, 0.1) is 5.92 Å². The lowest BCUT2D eigenvalue weighted by molar-refractivity contribution is 0.0674. The molecule has 0 fully saturated rings. The number of anilines is 1. The van der Waals surface area contributed by atoms with Crippen LogP contribution in [0.15, 0.2) is 103 Å². The van der Waals surface area contributed by atoms with E-state index in [0.717, 1.165) is 25.2 Å². The molecule has 0 amide bonds. The van der Waals surface area contributed by atoms with Crippen molar-refractivity contribution in [1.82, 2.24) is 0 Å². The maximum Gasteiger partial charge on any atom is 0.345 e. The average molecular weight is 678 g/mol. The molecule has 0 aliphatic carbocycles. The van der Waals surface area contributed by atoms with E-state index in [4.69, 9.17) is 14.2 Å². The van der Waals surface area contributed by atoms with E-state index in [0.29, 0.717) is 23.7 Å². The van der Waals surface area contributed by atoms with Gasteiger partial charge in [-0.25, -0.2) is 14.4 Å². The third kappa shape index (κ3) is 13.2. The molecule has 0 aliphatic rings. The first-order valence-corrected chi connectivity index (χ1v) is 18.1. The van der Waals surface area contributed by atoms with E-state index in [-0.39, 0.29) is 22.4 Å². The summed E-state index contributed by atoms with van der Waals surface area (Å²) in [5, 5.41) is 3.35. The summed E-state index contributed by atoms with van der Waals surface area (Å²) < 4.78 is 16.9. The van der Waals surface area contributed by atoms with E-state index in [1.54, 1.807) is 91.0 Å². The average Bonchev–Trinajstić information content (AvgIpc) is 3.12. The predicted molar refractivity (Wildman–Crippen MR) is 199 cm³/mol. The van der Waals surface area contributed by atoms with Crippen molar-refractivity contribution in [2.75, 3.05) is 11.9 Å². The van der Waals surface area contributed by atoms with Gasteiger partial charge >= 0.3 is 17.9 Å². The highest BCUT2D eigenvalue weighted by Gasteiger charge is 2.30. The van der Waals surface area contributed by atoms with E-state index < -0.39 is 17.9 Å². The van der Waals surface area contributed by atoms with E-state index in [2.05, 4.69) is 19.2 Å². The quantitative estimate of drug-likeness (QED) is 0.0533. The van der Waals surface area contributed by atoms with Crippen molar-refractivity contribution in [3.05, 3.63) is 120 Å². The second-order valence-corrected chi connectivity index (χ2v) is 13.1. The normalized spacial score (nSPS) is 10.9. The fraction of sp³-hybridized carbons (Fsp3) is 0.372. The molecule has 50 heavy (non-hydrogen) atoms. The molecule has 1 N–H and O–H groups in total. The largest absolute Gasteiger partial charge is 0.423 e. The highest BCUT2D eigenvalue weighted by molar-refractivity contribution is 6.12. The van der Waals surface area contributed by atoms with Crippen LogP contribution in [0.3, 0.4) is 0 Å². The van der Waals surface area contributed by atoms with Crippen LogP contribution in [-0.2, 0) is 0 Å². The van der Waals surface area contributed by atoms with Crippen molar-refractivity contribution in [2.24, 2.45) is 5.92 Å². The molecule has 264 valence electrons. The molecule has 7 heteroatoms. The standard InChI is InChI=1S/C43H51NO6/c1-33(2)23-15-10-8-6-4-3-5-7-9-11-22-30-44-34-31-38(41(45)48-35-24-16-12-17-25-35)40(43(47)50-37-28-20-14-21-29-37)39(32-34)42(46)49-36-26-18-13-19-27-36/h12-14,16-21,24-29,31-33,44H,3-11,15,22-23,30H2,1-2H3. The van der Waals surface area contributed by atoms with Crippen LogP contribution in [0.5, 0.6) is 17.2 Å². The van der Waals surface area contributed by atoms with Crippen molar-refractivity contribution in [2.45, 2.75) is 90.9 Å². The molecule has 0 spiro atoms. The zero-order valence-electron chi connectivity index (χ0n) is 29.5. The molecule has 0 radical (unpaired) electrons. The first-order valence-electron chi connectivity index (χ1n) is 18.1. The van der Waals surface area contributed by atoms with Crippen LogP contribution in [0.1, 0.15) is 122 Å². The molecule has 0 unspecified atom stereocenters. The molecule has 0 heterocycles. The lowest BCUT2D eigenvalue weighted by atomic mass is 9.99. The van der Waals surface area contributed by atoms with Crippen LogP contribution < -0.4 is 19.5 Å². The van der Waals surface area contributed by atoms with Gasteiger partial charge in [0.15, 0.2) is 0 Å². The molecule has 0 aromatic heterocycles. The summed E-state index contributed by atoms with van der Waals surface area (Å²) in [6, 6.07) is 28.7. The van der Waals surface area contributed by atoms with Crippen molar-refractivity contribution in [3.63, 3.8) is 0 Å². The molecule has 4 rings (SSSR count). The summed E-state index contributed by atoms with van der Waals surface area (Å²) in [7, 11) is 0. The van der Waals surface area contributed by atoms with Gasteiger partial charge in [-0.3, -0.25) is 0 Å². The minimum Gasteiger partial charge on any atom is -0.423 e. The molecule has 0 atom stereocenters. The Labute approximate surface area is 297 Å². The summed E-state index contributed by atoms with van der Waals surface area (Å²) in [6.45, 7) is 5.22. The first-order chi connectivity index (χ1) is 24.4. The molecule has 4 aromatic carbocycles. The number of para-hydroxylation sites is 3. The second-order valence-electron chi connectivity index (χ2n) is 13.1. The summed E-state index contributed by atoms with van der Waals surface area (Å²) in [6.07, 6.45) is 15.0. The third-order valence-corrected chi connectivity index (χ3v) is 8.43. The first kappa shape index (κ1) is 37.9. The number of unbranched alkanes of at least 4 members (excludes halogenated alkanes) is 10. The molecule has 4 aromatic rings. The monoisotopic (exact) mass is 677 g/mol. The number of nitrogens with one attached hydrogen (secondary N) is 1. The Kier molecular flexibility index (Phi) is 16.1. The SMILES string of the molecule is CC(C)CCCCCCCCCCCCCNc1cc(C(=O)Oc2ccccc2)c(C(=O)Oc2ccccc2)c(C(=O)Oc2ccccc2)c1. The lowest BCUT2D eigenvalue weighted by Gasteiger charge is -2.16. The highest BCUT2D eigenvalue weighted by atomic mass is 16.5. The molecular weight excluding hydrogens is 626 g/mol. The maximum atomic E-state index is 13.7. The zero-order valence-corrected chi connectivity index (χ0v) is 29.5. The van der Waals surface area contributed by atoms with Crippen molar-refractivity contribution >= 4 is 23.6 Å². The predicted octanol–water partition coefficient (Wildman–Crippen LogP) is 11.1. The molecule has 7 nitrogen and oxygen atoms in total. The van der Waals surface area contributed by atoms with E-state index in [1.165, 1.54) is 69.9 Å². The summed E-state index contributed by atoms with van der Waals surface area (Å²) >= 11 is 0. The highest BCUT2D eigenvalue weighted by Crippen LogP contribution is 2.27. The van der Waals surface area contributed by atoms with E-state index >= 15 is 0 Å². The number of rotatable bonds is 21. The number of ether oxygens (including phenoxy) is 3. The Hall–Kier alpha value is -4.91. The van der Waals surface area contributed by atoms with Crippen molar-refractivity contribution in [1.29, 1.82) is 0 Å². The molecule has 0 saturated heterocycles. The number of hydrogen-bond donors (Lipinski definition) is 1. The fourth-order valence-corrected chi connectivity index (χ4v) is 5.74. The molecule has 0 bridgehead atoms. The van der Waals surface area contributed by atoms with Crippen LogP contribution in [0.4, 0.5) is 5.69 Å². The van der Waals surface area contributed by atoms with Gasteiger partial charge in [-0.05, 0) is 60.9 Å². The summed E-state index contributed by atoms with van der Waals surface area (Å²) in [5.74, 6) is -0.811. The Balaban J connectivity index is 1.43. The molecule has 0 aliphatic heterocycles. The van der Waals surface area contributed by atoms with Gasteiger partial charge in [0, 0.05) is 12.2 Å². The lowest BCUT2D eigenvalue weighted by Crippen LogP contribution is -2.24. The van der Waals surface area contributed by atoms with Gasteiger partial charge in [-0.2, -0.15) is 0 Å². The van der Waals surface area contributed by atoms with Crippen molar-refractivity contribution in [3.8, 4) is 17.2 Å². The number of esters is 3. The summed E-state index contributed by atoms with van der Waals surface area (Å²) in [4.78, 5) is 41.1. The maximum absolute atomic E-state index is 13.7. The van der Waals surface area contributed by atoms with Gasteiger partial charge in [0.05, 0.1) is 16.7 Å². The zero-order chi connectivity index (χ0) is 35.4. The van der Waals surface area contributed by atoms with Gasteiger partial charge in [0.2, 0.25) is 0 Å². The van der Waals surface area contributed by atoms with Crippen LogP contribution in [-0.4, -0.2) is 24.5 Å². The van der Waals surface area contributed by atoms with Crippen LogP contribution in [0.2, 0.25) is 0 Å². The molecular formula is C43H51NO6. The number of hydrogen-bond acceptors (Lipinski definition) is 7. The Morgan fingerprint density at radius 3 is 1.26 bits per heavy atom. The summed E-state index contributed by atoms with van der Waals surface area (Å²) in [5.41, 5.74) is 0.0333. The second kappa shape index (κ2) is 21.2. The van der Waals surface area contributed by atoms with E-state index in [1.807, 2.05) is 0 Å². The molecule has 0 saturated carbocycles. The third-order valence-electron chi connectivity index (χ3n) is 8.43. The van der Waals surface area contributed by atoms with Gasteiger partial charge in [0.25, 0.3) is 0 Å². The Morgan fingerprint density at radius 2 is 0.860 bits per heavy atom. The van der Waals surface area contributed by atoms with E-state index in [9.17, 15) is 14.4 Å². The smallest absolute Gasteiger partial charge is 0.345 e. The minimum atomic E-state index is -0.881. The minimum absolute atomic E-state index is 0.111. The number of carbonyl (C=O) groups is 3. The van der Waals surface area contributed by atoms with Crippen LogP contribution >= 0.6 is 0 Å². The van der Waals surface area contributed by atoms with Gasteiger partial charge in [-0.1, -0.05) is 139 Å². The fourth-order valence-electron chi connectivity index (χ4n) is 5.74. The van der Waals surface area contributed by atoms with Crippen molar-refractivity contribution < 1.29 is 28.6 Å². The Bertz CT molecular complexity index is 1530. The Morgan fingerprint density at radius 1 is 0.500 bits per heavy atom. The van der Waals surface area contributed by atoms with Gasteiger partial charge in [0.1, 0.15) is 17.2 Å². The topological polar surface area (TPSA) is 90.9 Å². The van der Waals surface area contributed by atoms with Gasteiger partial charge < -0.3 is 19.5 Å². The van der Waals surface area contributed by atoms with Crippen LogP contribution in [0.25, 0.3) is 0 Å². The number of benzene rings is 4. The van der Waals surface area contributed by atoms with Gasteiger partial charge in [-0.15, -0.1) is 0 Å².